The van der Waals surface area contributed by atoms with Gasteiger partial charge in [0.05, 0.1) is 4.34 Å². The van der Waals surface area contributed by atoms with Crippen LogP contribution in [0.3, 0.4) is 0 Å². The molecule has 0 spiro atoms. The minimum Gasteiger partial charge on any atom is -0.306 e. The maximum atomic E-state index is 11.5. The summed E-state index contributed by atoms with van der Waals surface area (Å²) < 4.78 is 0.702. The topological polar surface area (TPSA) is 57.8 Å². The third-order valence-electron chi connectivity index (χ3n) is 1.95. The van der Waals surface area contributed by atoms with Gasteiger partial charge in [0, 0.05) is 22.7 Å². The third kappa shape index (κ3) is 3.44. The number of aromatic amines is 1. The SMILES string of the molecule is Cc1cc(NC(=O)C=Cc2ccc(Cl)s2)n[nH]1. The largest absolute Gasteiger partial charge is 0.306 e. The quantitative estimate of drug-likeness (QED) is 0.840. The monoisotopic (exact) mass is 267 g/mol. The highest BCUT2D eigenvalue weighted by molar-refractivity contribution is 7.17. The molecule has 0 aliphatic carbocycles. The van der Waals surface area contributed by atoms with E-state index in [1.165, 1.54) is 17.4 Å². The van der Waals surface area contributed by atoms with Gasteiger partial charge in [-0.05, 0) is 25.1 Å². The van der Waals surface area contributed by atoms with Crippen molar-refractivity contribution in [3.63, 3.8) is 0 Å². The minimum atomic E-state index is -0.221. The molecule has 0 saturated carbocycles. The highest BCUT2D eigenvalue weighted by Crippen LogP contribution is 2.22. The Bertz CT molecular complexity index is 559. The van der Waals surface area contributed by atoms with Crippen LogP contribution in [0, 0.1) is 6.92 Å². The number of hydrogen-bond acceptors (Lipinski definition) is 3. The highest BCUT2D eigenvalue weighted by atomic mass is 35.5. The summed E-state index contributed by atoms with van der Waals surface area (Å²) in [6, 6.07) is 5.41. The Kier molecular flexibility index (Phi) is 3.61. The summed E-state index contributed by atoms with van der Waals surface area (Å²) in [4.78, 5) is 12.5. The van der Waals surface area contributed by atoms with Crippen LogP contribution in [0.2, 0.25) is 4.34 Å². The Labute approximate surface area is 107 Å². The number of nitrogens with one attached hydrogen (secondary N) is 2. The van der Waals surface area contributed by atoms with E-state index >= 15 is 0 Å². The second-order valence-corrected chi connectivity index (χ2v) is 5.15. The van der Waals surface area contributed by atoms with Crippen LogP contribution in [0.4, 0.5) is 5.82 Å². The first kappa shape index (κ1) is 11.9. The van der Waals surface area contributed by atoms with Gasteiger partial charge in [0.25, 0.3) is 0 Å². The lowest BCUT2D eigenvalue weighted by Crippen LogP contribution is -2.07. The lowest BCUT2D eigenvalue weighted by Gasteiger charge is -1.94. The summed E-state index contributed by atoms with van der Waals surface area (Å²) in [5, 5.41) is 9.30. The maximum absolute atomic E-state index is 11.5. The number of thiophene rings is 1. The fourth-order valence-corrected chi connectivity index (χ4v) is 2.19. The molecular formula is C11H10ClN3OS. The molecule has 2 aromatic heterocycles. The Hall–Kier alpha value is -1.59. The van der Waals surface area contributed by atoms with E-state index in [9.17, 15) is 4.79 Å². The molecule has 0 bridgehead atoms. The van der Waals surface area contributed by atoms with Crippen molar-refractivity contribution in [1.29, 1.82) is 0 Å². The highest BCUT2D eigenvalue weighted by Gasteiger charge is 2.01. The fraction of sp³-hybridized carbons (Fsp3) is 0.0909. The molecule has 1 amide bonds. The number of aryl methyl sites for hydroxylation is 1. The molecule has 0 unspecified atom stereocenters. The molecule has 0 atom stereocenters. The lowest BCUT2D eigenvalue weighted by molar-refractivity contribution is -0.111. The molecule has 88 valence electrons. The average Bonchev–Trinajstić information content (AvgIpc) is 2.85. The predicted molar refractivity (Wildman–Crippen MR) is 70.3 cm³/mol. The van der Waals surface area contributed by atoms with Crippen molar-refractivity contribution in [3.05, 3.63) is 39.2 Å². The number of nitrogens with zero attached hydrogens (tertiary/aromatic N) is 1. The zero-order valence-corrected chi connectivity index (χ0v) is 10.6. The minimum absolute atomic E-state index is 0.221. The van der Waals surface area contributed by atoms with Gasteiger partial charge in [0.2, 0.25) is 5.91 Å². The molecular weight excluding hydrogens is 258 g/mol. The van der Waals surface area contributed by atoms with E-state index in [1.807, 2.05) is 13.0 Å². The van der Waals surface area contributed by atoms with Crippen molar-refractivity contribution in [1.82, 2.24) is 10.2 Å². The number of anilines is 1. The number of H-pyrrole nitrogens is 1. The summed E-state index contributed by atoms with van der Waals surface area (Å²) in [6.45, 7) is 1.87. The molecule has 0 aliphatic rings. The van der Waals surface area contributed by atoms with Gasteiger partial charge in [-0.1, -0.05) is 11.6 Å². The van der Waals surface area contributed by atoms with Crippen molar-refractivity contribution in [2.24, 2.45) is 0 Å². The van der Waals surface area contributed by atoms with Crippen molar-refractivity contribution in [2.75, 3.05) is 5.32 Å². The van der Waals surface area contributed by atoms with E-state index in [2.05, 4.69) is 15.5 Å². The molecule has 2 N–H and O–H groups in total. The Balaban J connectivity index is 1.95. The molecule has 4 nitrogen and oxygen atoms in total. The summed E-state index contributed by atoms with van der Waals surface area (Å²) in [5.74, 6) is 0.294. The zero-order chi connectivity index (χ0) is 12.3. The number of carbonyl (C=O) groups excluding carboxylic acids is 1. The molecule has 2 rings (SSSR count). The number of amides is 1. The van der Waals surface area contributed by atoms with Crippen LogP contribution in [0.25, 0.3) is 6.08 Å². The Morgan fingerprint density at radius 1 is 1.59 bits per heavy atom. The summed E-state index contributed by atoms with van der Waals surface area (Å²) >= 11 is 7.20. The van der Waals surface area contributed by atoms with Crippen molar-refractivity contribution >= 4 is 40.7 Å². The molecule has 17 heavy (non-hydrogen) atoms. The number of hydrogen-bond donors (Lipinski definition) is 2. The van der Waals surface area contributed by atoms with Crippen LogP contribution in [0.1, 0.15) is 10.6 Å². The van der Waals surface area contributed by atoms with E-state index in [0.29, 0.717) is 10.2 Å². The van der Waals surface area contributed by atoms with Gasteiger partial charge in [0.15, 0.2) is 5.82 Å². The summed E-state index contributed by atoms with van der Waals surface area (Å²) in [7, 11) is 0. The van der Waals surface area contributed by atoms with Crippen molar-refractivity contribution in [3.8, 4) is 0 Å². The van der Waals surface area contributed by atoms with Crippen LogP contribution >= 0.6 is 22.9 Å². The predicted octanol–water partition coefficient (Wildman–Crippen LogP) is 3.08. The molecule has 0 aliphatic heterocycles. The van der Waals surface area contributed by atoms with Gasteiger partial charge in [-0.3, -0.25) is 9.89 Å². The van der Waals surface area contributed by atoms with Gasteiger partial charge in [-0.25, -0.2) is 0 Å². The first-order chi connectivity index (χ1) is 8.13. The molecule has 2 aromatic rings. The van der Waals surface area contributed by atoms with Gasteiger partial charge < -0.3 is 5.32 Å². The Morgan fingerprint density at radius 2 is 2.41 bits per heavy atom. The van der Waals surface area contributed by atoms with Crippen molar-refractivity contribution in [2.45, 2.75) is 6.92 Å². The zero-order valence-electron chi connectivity index (χ0n) is 9.03. The molecule has 0 radical (unpaired) electrons. The molecule has 6 heteroatoms. The van der Waals surface area contributed by atoms with E-state index in [4.69, 9.17) is 11.6 Å². The Morgan fingerprint density at radius 3 is 3.00 bits per heavy atom. The number of aromatic nitrogens is 2. The van der Waals surface area contributed by atoms with E-state index < -0.39 is 0 Å². The molecule has 0 aromatic carbocycles. The van der Waals surface area contributed by atoms with E-state index in [1.54, 1.807) is 18.2 Å². The lowest BCUT2D eigenvalue weighted by atomic mass is 10.4. The average molecular weight is 268 g/mol. The maximum Gasteiger partial charge on any atom is 0.249 e. The van der Waals surface area contributed by atoms with Crippen LogP contribution < -0.4 is 5.32 Å². The van der Waals surface area contributed by atoms with Gasteiger partial charge in [0.1, 0.15) is 0 Å². The number of carbonyl (C=O) groups is 1. The van der Waals surface area contributed by atoms with Crippen LogP contribution in [-0.2, 0) is 4.79 Å². The number of rotatable bonds is 3. The second-order valence-electron chi connectivity index (χ2n) is 3.40. The van der Waals surface area contributed by atoms with Crippen LogP contribution in [0.15, 0.2) is 24.3 Å². The van der Waals surface area contributed by atoms with E-state index in [0.717, 1.165) is 10.6 Å². The van der Waals surface area contributed by atoms with Gasteiger partial charge in [-0.2, -0.15) is 5.10 Å². The van der Waals surface area contributed by atoms with Crippen molar-refractivity contribution < 1.29 is 4.79 Å². The normalized spacial score (nSPS) is 10.9. The summed E-state index contributed by atoms with van der Waals surface area (Å²) in [5.41, 5.74) is 0.898. The molecule has 0 saturated heterocycles. The third-order valence-corrected chi connectivity index (χ3v) is 3.15. The van der Waals surface area contributed by atoms with Gasteiger partial charge >= 0.3 is 0 Å². The smallest absolute Gasteiger partial charge is 0.249 e. The van der Waals surface area contributed by atoms with E-state index in [-0.39, 0.29) is 5.91 Å². The first-order valence-corrected chi connectivity index (χ1v) is 6.09. The second kappa shape index (κ2) is 5.16. The standard InChI is InChI=1S/C11H10ClN3OS/c1-7-6-10(15-14-7)13-11(16)5-3-8-2-4-9(12)17-8/h2-6H,1H3,(H2,13,14,15,16). The molecule has 0 fully saturated rings. The van der Waals surface area contributed by atoms with Gasteiger partial charge in [-0.15, -0.1) is 11.3 Å². The number of halogens is 1. The first-order valence-electron chi connectivity index (χ1n) is 4.90. The fourth-order valence-electron chi connectivity index (χ4n) is 1.23. The van der Waals surface area contributed by atoms with Crippen LogP contribution in [0.5, 0.6) is 0 Å². The molecule has 2 heterocycles. The summed E-state index contributed by atoms with van der Waals surface area (Å²) in [6.07, 6.45) is 3.16. The van der Waals surface area contributed by atoms with Crippen LogP contribution in [-0.4, -0.2) is 16.1 Å².